The first-order valence-electron chi connectivity index (χ1n) is 12.9. The highest BCUT2D eigenvalue weighted by Gasteiger charge is 2.50. The molecule has 2 heterocycles. The van der Waals surface area contributed by atoms with Crippen molar-refractivity contribution in [1.82, 2.24) is 9.80 Å². The van der Waals surface area contributed by atoms with E-state index in [2.05, 4.69) is 0 Å². The van der Waals surface area contributed by atoms with Crippen LogP contribution in [0.1, 0.15) is 51.2 Å². The Kier molecular flexibility index (Phi) is 8.32. The fourth-order valence-corrected chi connectivity index (χ4v) is 5.97. The normalized spacial score (nSPS) is 21.6. The van der Waals surface area contributed by atoms with E-state index in [9.17, 15) is 18.0 Å². The van der Waals surface area contributed by atoms with Gasteiger partial charge in [0.25, 0.3) is 10.1 Å². The number of rotatable bonds is 6. The molecule has 206 valence electrons. The number of nitrogens with zero attached hydrogens (tertiary/aromatic N) is 2. The summed E-state index contributed by atoms with van der Waals surface area (Å²) in [5.74, 6) is 0. The molecule has 2 aliphatic rings. The number of aryl methyl sites for hydroxylation is 1. The van der Waals surface area contributed by atoms with E-state index in [4.69, 9.17) is 13.7 Å². The van der Waals surface area contributed by atoms with Crippen LogP contribution in [0.15, 0.2) is 59.5 Å². The molecule has 2 aromatic carbocycles. The van der Waals surface area contributed by atoms with Crippen molar-refractivity contribution in [3.05, 3.63) is 65.7 Å². The lowest BCUT2D eigenvalue weighted by atomic mass is 9.97. The third-order valence-electron chi connectivity index (χ3n) is 6.78. The highest BCUT2D eigenvalue weighted by Crippen LogP contribution is 2.37. The van der Waals surface area contributed by atoms with Crippen molar-refractivity contribution in [2.75, 3.05) is 13.2 Å². The van der Waals surface area contributed by atoms with E-state index in [-0.39, 0.29) is 30.2 Å². The average Bonchev–Trinajstić information content (AvgIpc) is 3.25. The maximum Gasteiger partial charge on any atom is 0.410 e. The van der Waals surface area contributed by atoms with Gasteiger partial charge in [0, 0.05) is 6.54 Å². The highest BCUT2D eigenvalue weighted by atomic mass is 32.2. The van der Waals surface area contributed by atoms with Gasteiger partial charge in [0.05, 0.1) is 29.6 Å². The number of carbonyl (C=O) groups is 2. The van der Waals surface area contributed by atoms with Gasteiger partial charge in [-0.05, 0) is 64.7 Å². The maximum atomic E-state index is 13.3. The van der Waals surface area contributed by atoms with Crippen LogP contribution in [0.3, 0.4) is 0 Å². The van der Waals surface area contributed by atoms with Crippen molar-refractivity contribution >= 4 is 22.3 Å². The van der Waals surface area contributed by atoms with Gasteiger partial charge in [-0.25, -0.2) is 9.59 Å². The summed E-state index contributed by atoms with van der Waals surface area (Å²) >= 11 is 0. The van der Waals surface area contributed by atoms with Gasteiger partial charge >= 0.3 is 12.2 Å². The molecule has 4 rings (SSSR count). The summed E-state index contributed by atoms with van der Waals surface area (Å²) in [6.45, 7) is 7.60. The summed E-state index contributed by atoms with van der Waals surface area (Å²) < 4.78 is 42.5. The van der Waals surface area contributed by atoms with Gasteiger partial charge in [0.2, 0.25) is 0 Å². The Labute approximate surface area is 224 Å². The molecule has 3 atom stereocenters. The Morgan fingerprint density at radius 3 is 2.32 bits per heavy atom. The molecule has 9 nitrogen and oxygen atoms in total. The molecule has 0 aliphatic carbocycles. The van der Waals surface area contributed by atoms with E-state index >= 15 is 0 Å². The Morgan fingerprint density at radius 1 is 0.974 bits per heavy atom. The Morgan fingerprint density at radius 2 is 1.66 bits per heavy atom. The molecule has 10 heteroatoms. The highest BCUT2D eigenvalue weighted by molar-refractivity contribution is 7.86. The van der Waals surface area contributed by atoms with E-state index in [1.54, 1.807) is 42.7 Å². The summed E-state index contributed by atoms with van der Waals surface area (Å²) in [5, 5.41) is 0. The second kappa shape index (κ2) is 11.3. The molecule has 2 fully saturated rings. The van der Waals surface area contributed by atoms with Crippen LogP contribution in [0.2, 0.25) is 0 Å². The molecule has 0 N–H and O–H groups in total. The van der Waals surface area contributed by atoms with Crippen molar-refractivity contribution in [3.63, 3.8) is 0 Å². The fraction of sp³-hybridized carbons (Fsp3) is 0.500. The smallest absolute Gasteiger partial charge is 0.410 e. The number of piperidine rings is 1. The van der Waals surface area contributed by atoms with Crippen molar-refractivity contribution < 1.29 is 31.7 Å². The van der Waals surface area contributed by atoms with Crippen LogP contribution in [-0.4, -0.2) is 67.3 Å². The van der Waals surface area contributed by atoms with Gasteiger partial charge in [-0.3, -0.25) is 9.08 Å². The van der Waals surface area contributed by atoms with Crippen molar-refractivity contribution in [3.8, 4) is 0 Å². The number of hydrogen-bond acceptors (Lipinski definition) is 7. The van der Waals surface area contributed by atoms with Crippen molar-refractivity contribution in [2.24, 2.45) is 0 Å². The Bertz CT molecular complexity index is 1230. The molecule has 2 aromatic rings. The zero-order chi connectivity index (χ0) is 27.5. The van der Waals surface area contributed by atoms with Gasteiger partial charge in [-0.2, -0.15) is 8.42 Å². The summed E-state index contributed by atoms with van der Waals surface area (Å²) in [6.07, 6.45) is 0.685. The summed E-state index contributed by atoms with van der Waals surface area (Å²) in [7, 11) is -4.03. The van der Waals surface area contributed by atoms with Crippen LogP contribution >= 0.6 is 0 Å². The van der Waals surface area contributed by atoms with Gasteiger partial charge < -0.3 is 14.4 Å². The molecular formula is C28H36N2O7S. The Hall–Kier alpha value is -3.11. The van der Waals surface area contributed by atoms with Gasteiger partial charge in [0.1, 0.15) is 12.2 Å². The predicted octanol–water partition coefficient (Wildman–Crippen LogP) is 4.88. The number of ether oxygens (including phenoxy) is 2. The fourth-order valence-electron chi connectivity index (χ4n) is 5.03. The molecule has 2 aliphatic heterocycles. The predicted molar refractivity (Wildman–Crippen MR) is 141 cm³/mol. The van der Waals surface area contributed by atoms with E-state index in [0.29, 0.717) is 25.8 Å². The number of hydrogen-bond donors (Lipinski definition) is 0. The molecule has 0 aromatic heterocycles. The zero-order valence-corrected chi connectivity index (χ0v) is 23.1. The van der Waals surface area contributed by atoms with Crippen LogP contribution in [0.25, 0.3) is 0 Å². The van der Waals surface area contributed by atoms with E-state index in [0.717, 1.165) is 11.1 Å². The molecule has 0 spiro atoms. The van der Waals surface area contributed by atoms with Gasteiger partial charge in [0.15, 0.2) is 0 Å². The standard InChI is InChI=1S/C28H36N2O7S/c1-20-12-14-23(15-13-20)38(33,34)36-19-22-17-25-24(30(22)27(32)37-28(2,3)4)11-8-16-29(25)26(31)35-18-21-9-6-5-7-10-21/h5-7,9-10,12-15,22,24-25H,8,11,16-19H2,1-4H3/t22-,24-,25-/m0/s1. The van der Waals surface area contributed by atoms with Crippen molar-refractivity contribution in [2.45, 2.75) is 82.2 Å². The molecule has 0 unspecified atom stereocenters. The van der Waals surface area contributed by atoms with Crippen LogP contribution in [-0.2, 0) is 30.4 Å². The Balaban J connectivity index is 1.51. The van der Waals surface area contributed by atoms with E-state index < -0.39 is 33.9 Å². The summed E-state index contributed by atoms with van der Waals surface area (Å²) in [4.78, 5) is 29.7. The molecule has 0 bridgehead atoms. The SMILES string of the molecule is Cc1ccc(S(=O)(=O)OC[C@@H]2C[C@H]3[C@H](CCCN3C(=O)OCc3ccccc3)N2C(=O)OC(C)(C)C)cc1. The molecule has 2 amide bonds. The largest absolute Gasteiger partial charge is 0.445 e. The minimum Gasteiger partial charge on any atom is -0.445 e. The third kappa shape index (κ3) is 6.66. The quantitative estimate of drug-likeness (QED) is 0.478. The van der Waals surface area contributed by atoms with Crippen LogP contribution in [0.5, 0.6) is 0 Å². The van der Waals surface area contributed by atoms with E-state index in [1.165, 1.54) is 12.1 Å². The van der Waals surface area contributed by atoms with Gasteiger partial charge in [-0.1, -0.05) is 48.0 Å². The number of carbonyl (C=O) groups excluding carboxylic acids is 2. The minimum absolute atomic E-state index is 0.0495. The molecular weight excluding hydrogens is 508 g/mol. The molecule has 38 heavy (non-hydrogen) atoms. The lowest BCUT2D eigenvalue weighted by Crippen LogP contribution is -2.54. The lowest BCUT2D eigenvalue weighted by molar-refractivity contribution is 0.000973. The second-order valence-electron chi connectivity index (χ2n) is 10.8. The van der Waals surface area contributed by atoms with Crippen LogP contribution < -0.4 is 0 Å². The van der Waals surface area contributed by atoms with Gasteiger partial charge in [-0.15, -0.1) is 0 Å². The maximum absolute atomic E-state index is 13.3. The lowest BCUT2D eigenvalue weighted by Gasteiger charge is -2.39. The number of amides is 2. The first-order chi connectivity index (χ1) is 17.9. The topological polar surface area (TPSA) is 102 Å². The van der Waals surface area contributed by atoms with E-state index in [1.807, 2.05) is 37.3 Å². The van der Waals surface area contributed by atoms with Crippen molar-refractivity contribution in [1.29, 1.82) is 0 Å². The van der Waals surface area contributed by atoms with Crippen LogP contribution in [0.4, 0.5) is 9.59 Å². The monoisotopic (exact) mass is 544 g/mol. The summed E-state index contributed by atoms with van der Waals surface area (Å²) in [6, 6.07) is 14.5. The van der Waals surface area contributed by atoms with Crippen LogP contribution in [0, 0.1) is 6.92 Å². The molecule has 0 radical (unpaired) electrons. The zero-order valence-electron chi connectivity index (χ0n) is 22.3. The number of benzene rings is 2. The summed E-state index contributed by atoms with van der Waals surface area (Å²) in [5.41, 5.74) is 1.07. The number of likely N-dealkylation sites (tertiary alicyclic amines) is 2. The number of fused-ring (bicyclic) bond motifs is 1. The first kappa shape index (κ1) is 27.9. The minimum atomic E-state index is -4.03. The first-order valence-corrected chi connectivity index (χ1v) is 14.3. The third-order valence-corrected chi connectivity index (χ3v) is 8.07. The average molecular weight is 545 g/mol. The molecule has 0 saturated carbocycles. The second-order valence-corrected chi connectivity index (χ2v) is 12.5. The molecule has 2 saturated heterocycles.